The lowest BCUT2D eigenvalue weighted by molar-refractivity contribution is -0.118. The number of thioether (sulfide) groups is 1. The molecular formula is C23H22N2OS. The highest BCUT2D eigenvalue weighted by Crippen LogP contribution is 2.53. The minimum atomic E-state index is -0.0894. The lowest BCUT2D eigenvalue weighted by Gasteiger charge is -2.41. The molecule has 5 rings (SSSR count). The Kier molecular flexibility index (Phi) is 3.63. The number of nitrogens with zero attached hydrogens (tertiary/aromatic N) is 2. The summed E-state index contributed by atoms with van der Waals surface area (Å²) in [5.41, 5.74) is 5.40. The normalized spacial score (nSPS) is 22.9. The molecule has 3 aliphatic rings. The number of ketones is 1. The molecule has 0 fully saturated rings. The number of carbonyl (C=O) groups excluding carboxylic acids is 1. The van der Waals surface area contributed by atoms with Gasteiger partial charge in [-0.05, 0) is 53.8 Å². The molecule has 0 aromatic heterocycles. The Balaban J connectivity index is 1.76. The zero-order chi connectivity index (χ0) is 18.8. The number of fused-ring (bicyclic) bond motifs is 3. The molecule has 136 valence electrons. The first-order chi connectivity index (χ1) is 12.9. The van der Waals surface area contributed by atoms with E-state index < -0.39 is 0 Å². The van der Waals surface area contributed by atoms with E-state index in [-0.39, 0.29) is 17.2 Å². The second-order valence-corrected chi connectivity index (χ2v) is 9.40. The lowest BCUT2D eigenvalue weighted by atomic mass is 9.72. The van der Waals surface area contributed by atoms with Crippen LogP contribution in [0.3, 0.4) is 0 Å². The topological polar surface area (TPSA) is 32.7 Å². The molecule has 2 heterocycles. The molecule has 1 unspecified atom stereocenters. The molecule has 1 atom stereocenters. The van der Waals surface area contributed by atoms with E-state index in [0.717, 1.165) is 28.5 Å². The number of Topliss-reactive ketones (excluding diaryl/α,β-unsaturated/α-hetero) is 1. The monoisotopic (exact) mass is 374 g/mol. The van der Waals surface area contributed by atoms with Crippen molar-refractivity contribution in [1.82, 2.24) is 0 Å². The summed E-state index contributed by atoms with van der Waals surface area (Å²) in [7, 11) is 0. The second kappa shape index (κ2) is 5.83. The van der Waals surface area contributed by atoms with Crippen molar-refractivity contribution in [2.24, 2.45) is 10.4 Å². The van der Waals surface area contributed by atoms with E-state index in [1.54, 1.807) is 11.8 Å². The van der Waals surface area contributed by atoms with Crippen LogP contribution in [0.1, 0.15) is 43.9 Å². The summed E-state index contributed by atoms with van der Waals surface area (Å²) in [6.07, 6.45) is 1.44. The molecular weight excluding hydrogens is 352 g/mol. The Hall–Kier alpha value is -2.33. The van der Waals surface area contributed by atoms with E-state index in [0.29, 0.717) is 6.42 Å². The minimum Gasteiger partial charge on any atom is -0.308 e. The molecule has 27 heavy (non-hydrogen) atoms. The summed E-state index contributed by atoms with van der Waals surface area (Å²) in [6, 6.07) is 16.7. The molecule has 0 amide bonds. The Morgan fingerprint density at radius 1 is 1.07 bits per heavy atom. The van der Waals surface area contributed by atoms with Gasteiger partial charge < -0.3 is 4.90 Å². The maximum Gasteiger partial charge on any atom is 0.174 e. The molecule has 0 radical (unpaired) electrons. The highest BCUT2D eigenvalue weighted by atomic mass is 32.2. The Morgan fingerprint density at radius 3 is 2.63 bits per heavy atom. The van der Waals surface area contributed by atoms with E-state index >= 15 is 0 Å². The van der Waals surface area contributed by atoms with Crippen LogP contribution in [0, 0.1) is 12.3 Å². The van der Waals surface area contributed by atoms with Crippen molar-refractivity contribution < 1.29 is 4.79 Å². The number of carbonyl (C=O) groups is 1. The Morgan fingerprint density at radius 2 is 1.81 bits per heavy atom. The van der Waals surface area contributed by atoms with Crippen LogP contribution in [0.4, 0.5) is 5.69 Å². The molecule has 4 heteroatoms. The third kappa shape index (κ3) is 2.58. The van der Waals surface area contributed by atoms with Crippen LogP contribution in [0.15, 0.2) is 69.7 Å². The maximum atomic E-state index is 13.3. The Labute approximate surface area is 164 Å². The molecule has 2 aromatic carbocycles. The molecule has 0 saturated heterocycles. The number of para-hydroxylation sites is 1. The number of rotatable bonds is 1. The van der Waals surface area contributed by atoms with Crippen molar-refractivity contribution in [3.05, 3.63) is 70.9 Å². The van der Waals surface area contributed by atoms with E-state index in [1.807, 2.05) is 0 Å². The Bertz CT molecular complexity index is 1030. The highest BCUT2D eigenvalue weighted by molar-refractivity contribution is 8.14. The number of benzene rings is 2. The largest absolute Gasteiger partial charge is 0.308 e. The van der Waals surface area contributed by atoms with Crippen LogP contribution in [0.2, 0.25) is 0 Å². The van der Waals surface area contributed by atoms with Gasteiger partial charge in [0.15, 0.2) is 11.0 Å². The summed E-state index contributed by atoms with van der Waals surface area (Å²) < 4.78 is 0. The first kappa shape index (κ1) is 16.8. The van der Waals surface area contributed by atoms with Crippen molar-refractivity contribution >= 4 is 28.4 Å². The molecule has 0 bridgehead atoms. The van der Waals surface area contributed by atoms with Crippen LogP contribution in [-0.4, -0.2) is 11.0 Å². The third-order valence-corrected chi connectivity index (χ3v) is 6.71. The van der Waals surface area contributed by atoms with Crippen LogP contribution in [0.5, 0.6) is 0 Å². The SMILES string of the molecule is Cc1ccccc1C1C2=C(CC(C)(C)CC2=O)N=C2Sc3ccccc3N21. The number of amidine groups is 1. The van der Waals surface area contributed by atoms with Crippen molar-refractivity contribution in [2.45, 2.75) is 44.6 Å². The van der Waals surface area contributed by atoms with E-state index in [9.17, 15) is 4.79 Å². The van der Waals surface area contributed by atoms with Gasteiger partial charge in [0.2, 0.25) is 0 Å². The molecule has 0 saturated carbocycles. The van der Waals surface area contributed by atoms with Crippen molar-refractivity contribution in [2.75, 3.05) is 4.90 Å². The first-order valence-corrected chi connectivity index (χ1v) is 10.2. The zero-order valence-corrected chi connectivity index (χ0v) is 16.6. The standard InChI is InChI=1S/C23H22N2OS/c1-14-8-4-5-9-15(14)21-20-16(12-23(2,3)13-18(20)26)24-22-25(21)17-10-6-7-11-19(17)27-22/h4-11,21H,12-13H2,1-3H3. The molecule has 2 aromatic rings. The summed E-state index contributed by atoms with van der Waals surface area (Å²) in [5.74, 6) is 0.242. The van der Waals surface area contributed by atoms with Gasteiger partial charge in [-0.15, -0.1) is 0 Å². The van der Waals surface area contributed by atoms with Gasteiger partial charge in [0.05, 0.1) is 17.4 Å². The van der Waals surface area contributed by atoms with Gasteiger partial charge in [-0.3, -0.25) is 4.79 Å². The van der Waals surface area contributed by atoms with Gasteiger partial charge in [0, 0.05) is 16.9 Å². The fourth-order valence-corrected chi connectivity index (χ4v) is 5.54. The maximum absolute atomic E-state index is 13.3. The van der Waals surface area contributed by atoms with Crippen LogP contribution in [0.25, 0.3) is 0 Å². The van der Waals surface area contributed by atoms with E-state index in [1.165, 1.54) is 16.0 Å². The predicted octanol–water partition coefficient (Wildman–Crippen LogP) is 5.66. The number of allylic oxidation sites excluding steroid dienone is 1. The van der Waals surface area contributed by atoms with Gasteiger partial charge in [-0.1, -0.05) is 50.2 Å². The molecule has 1 aliphatic carbocycles. The zero-order valence-electron chi connectivity index (χ0n) is 15.8. The number of hydrogen-bond donors (Lipinski definition) is 0. The van der Waals surface area contributed by atoms with E-state index in [4.69, 9.17) is 4.99 Å². The van der Waals surface area contributed by atoms with Crippen molar-refractivity contribution in [3.8, 4) is 0 Å². The fraction of sp³-hybridized carbons (Fsp3) is 0.304. The van der Waals surface area contributed by atoms with Crippen molar-refractivity contribution in [1.29, 1.82) is 0 Å². The molecule has 0 N–H and O–H groups in total. The summed E-state index contributed by atoms with van der Waals surface area (Å²) >= 11 is 1.71. The van der Waals surface area contributed by atoms with Crippen LogP contribution in [-0.2, 0) is 4.79 Å². The second-order valence-electron chi connectivity index (χ2n) is 8.39. The van der Waals surface area contributed by atoms with Gasteiger partial charge in [0.25, 0.3) is 0 Å². The molecule has 2 aliphatic heterocycles. The fourth-order valence-electron chi connectivity index (χ4n) is 4.46. The number of hydrogen-bond acceptors (Lipinski definition) is 4. The quantitative estimate of drug-likeness (QED) is 0.645. The van der Waals surface area contributed by atoms with Gasteiger partial charge in [-0.25, -0.2) is 4.99 Å². The highest BCUT2D eigenvalue weighted by Gasteiger charge is 2.45. The number of aliphatic imine (C=N–C) groups is 1. The van der Waals surface area contributed by atoms with Gasteiger partial charge >= 0.3 is 0 Å². The molecule has 0 spiro atoms. The number of anilines is 1. The summed E-state index contributed by atoms with van der Waals surface area (Å²) in [5, 5.41) is 0.994. The summed E-state index contributed by atoms with van der Waals surface area (Å²) in [6.45, 7) is 6.47. The van der Waals surface area contributed by atoms with Crippen LogP contribution >= 0.6 is 11.8 Å². The summed E-state index contributed by atoms with van der Waals surface area (Å²) in [4.78, 5) is 21.8. The lowest BCUT2D eigenvalue weighted by Crippen LogP contribution is -2.40. The van der Waals surface area contributed by atoms with Gasteiger partial charge in [0.1, 0.15) is 0 Å². The minimum absolute atomic E-state index is 0.0332. The average molecular weight is 375 g/mol. The van der Waals surface area contributed by atoms with Crippen LogP contribution < -0.4 is 4.90 Å². The number of aryl methyl sites for hydroxylation is 1. The first-order valence-electron chi connectivity index (χ1n) is 9.41. The average Bonchev–Trinajstić information content (AvgIpc) is 2.97. The van der Waals surface area contributed by atoms with E-state index in [2.05, 4.69) is 74.2 Å². The van der Waals surface area contributed by atoms with Crippen molar-refractivity contribution in [3.63, 3.8) is 0 Å². The smallest absolute Gasteiger partial charge is 0.174 e. The molecule has 3 nitrogen and oxygen atoms in total. The predicted molar refractivity (Wildman–Crippen MR) is 111 cm³/mol. The van der Waals surface area contributed by atoms with Gasteiger partial charge in [-0.2, -0.15) is 0 Å². The third-order valence-electron chi connectivity index (χ3n) is 5.67.